The van der Waals surface area contributed by atoms with Crippen LogP contribution < -0.4 is 0 Å². The van der Waals surface area contributed by atoms with Crippen molar-refractivity contribution >= 4 is 32.6 Å². The van der Waals surface area contributed by atoms with Gasteiger partial charge in [0.1, 0.15) is 0 Å². The highest BCUT2D eigenvalue weighted by atomic mass is 14.8. The Bertz CT molecular complexity index is 3180. The van der Waals surface area contributed by atoms with Crippen molar-refractivity contribution < 1.29 is 0 Å². The summed E-state index contributed by atoms with van der Waals surface area (Å²) in [5.74, 6) is 0. The molecule has 2 aliphatic carbocycles. The van der Waals surface area contributed by atoms with Crippen LogP contribution in [-0.4, -0.2) is 9.97 Å². The van der Waals surface area contributed by atoms with Gasteiger partial charge in [0.15, 0.2) is 0 Å². The van der Waals surface area contributed by atoms with Crippen LogP contribution in [0.5, 0.6) is 0 Å². The SMILES string of the molecule is CC1(C)c2ccccc2-c2ccc(-c3ccc(-c4nc5c6ccccc6c6ccccc6c5nc4-c4ccc(-c5ccc6c(c5)C(C)(C)c5ccccc5-6)cc4)cc3)cc21. The molecule has 0 saturated carbocycles. The Morgan fingerprint density at radius 2 is 0.600 bits per heavy atom. The molecule has 0 spiro atoms. The molecule has 1 heterocycles. The van der Waals surface area contributed by atoms with E-state index in [1.807, 2.05) is 0 Å². The zero-order valence-electron chi connectivity index (χ0n) is 34.2. The molecule has 2 nitrogen and oxygen atoms in total. The van der Waals surface area contributed by atoms with Crippen LogP contribution in [-0.2, 0) is 10.8 Å². The fourth-order valence-electron chi connectivity index (χ4n) is 10.5. The van der Waals surface area contributed by atoms with Crippen LogP contribution in [0.1, 0.15) is 49.9 Å². The van der Waals surface area contributed by atoms with Gasteiger partial charge < -0.3 is 0 Å². The quantitative estimate of drug-likeness (QED) is 0.167. The van der Waals surface area contributed by atoms with Crippen molar-refractivity contribution in [2.75, 3.05) is 0 Å². The lowest BCUT2D eigenvalue weighted by Gasteiger charge is -2.22. The molecular weight excluding hydrogens is 725 g/mol. The Morgan fingerprint density at radius 3 is 1.02 bits per heavy atom. The molecule has 0 unspecified atom stereocenters. The van der Waals surface area contributed by atoms with Gasteiger partial charge in [-0.2, -0.15) is 0 Å². The van der Waals surface area contributed by atoms with E-state index >= 15 is 0 Å². The topological polar surface area (TPSA) is 25.8 Å². The first-order valence-electron chi connectivity index (χ1n) is 21.1. The first-order chi connectivity index (χ1) is 29.3. The number of fused-ring (bicyclic) bond motifs is 12. The zero-order chi connectivity index (χ0) is 40.3. The Labute approximate surface area is 350 Å². The average molecular weight is 767 g/mol. The lowest BCUT2D eigenvalue weighted by Crippen LogP contribution is -2.14. The van der Waals surface area contributed by atoms with Gasteiger partial charge in [-0.25, -0.2) is 9.97 Å². The number of rotatable bonds is 4. The molecule has 2 aliphatic rings. The predicted octanol–water partition coefficient (Wildman–Crippen LogP) is 15.2. The normalized spacial score (nSPS) is 14.3. The van der Waals surface area contributed by atoms with Crippen LogP contribution in [0, 0.1) is 0 Å². The summed E-state index contributed by atoms with van der Waals surface area (Å²) in [5.41, 5.74) is 21.3. The highest BCUT2D eigenvalue weighted by Crippen LogP contribution is 2.51. The van der Waals surface area contributed by atoms with Crippen LogP contribution in [0.4, 0.5) is 0 Å². The van der Waals surface area contributed by atoms with E-state index in [2.05, 4.69) is 210 Å². The van der Waals surface area contributed by atoms with Gasteiger partial charge in [-0.15, -0.1) is 0 Å². The number of aromatic nitrogens is 2. The average Bonchev–Trinajstić information content (AvgIpc) is 3.67. The van der Waals surface area contributed by atoms with Crippen molar-refractivity contribution in [1.29, 1.82) is 0 Å². The summed E-state index contributed by atoms with van der Waals surface area (Å²) in [5, 5.41) is 4.61. The van der Waals surface area contributed by atoms with Crippen molar-refractivity contribution in [2.45, 2.75) is 38.5 Å². The third-order valence-corrected chi connectivity index (χ3v) is 13.7. The third-order valence-electron chi connectivity index (χ3n) is 13.7. The molecule has 0 amide bonds. The molecule has 10 aromatic rings. The maximum atomic E-state index is 5.58. The van der Waals surface area contributed by atoms with Gasteiger partial charge in [0.2, 0.25) is 0 Å². The van der Waals surface area contributed by atoms with E-state index in [0.29, 0.717) is 0 Å². The molecule has 1 aromatic heterocycles. The molecule has 60 heavy (non-hydrogen) atoms. The molecule has 0 fully saturated rings. The van der Waals surface area contributed by atoms with Crippen molar-refractivity contribution in [1.82, 2.24) is 9.97 Å². The molecular formula is C58H42N2. The van der Waals surface area contributed by atoms with Crippen molar-refractivity contribution in [3.8, 4) is 67.0 Å². The van der Waals surface area contributed by atoms with E-state index in [9.17, 15) is 0 Å². The van der Waals surface area contributed by atoms with Gasteiger partial charge in [-0.3, -0.25) is 0 Å². The number of nitrogens with zero attached hydrogens (tertiary/aromatic N) is 2. The van der Waals surface area contributed by atoms with Crippen LogP contribution in [0.15, 0.2) is 182 Å². The lowest BCUT2D eigenvalue weighted by atomic mass is 9.81. The minimum Gasteiger partial charge on any atom is -0.243 e. The molecule has 0 bridgehead atoms. The van der Waals surface area contributed by atoms with E-state index in [0.717, 1.165) is 44.3 Å². The second-order valence-corrected chi connectivity index (χ2v) is 17.7. The zero-order valence-corrected chi connectivity index (χ0v) is 34.2. The molecule has 2 heteroatoms. The molecule has 9 aromatic carbocycles. The van der Waals surface area contributed by atoms with Crippen molar-refractivity contribution in [3.63, 3.8) is 0 Å². The largest absolute Gasteiger partial charge is 0.243 e. The van der Waals surface area contributed by atoms with E-state index < -0.39 is 0 Å². The maximum absolute atomic E-state index is 5.58. The predicted molar refractivity (Wildman–Crippen MR) is 251 cm³/mol. The highest BCUT2D eigenvalue weighted by molar-refractivity contribution is 6.23. The van der Waals surface area contributed by atoms with Gasteiger partial charge >= 0.3 is 0 Å². The van der Waals surface area contributed by atoms with Gasteiger partial charge in [-0.05, 0) is 89.7 Å². The summed E-state index contributed by atoms with van der Waals surface area (Å²) in [7, 11) is 0. The Kier molecular flexibility index (Phi) is 7.36. The second-order valence-electron chi connectivity index (χ2n) is 17.7. The summed E-state index contributed by atoms with van der Waals surface area (Å²) >= 11 is 0. The van der Waals surface area contributed by atoms with Gasteiger partial charge in [-0.1, -0.05) is 198 Å². The van der Waals surface area contributed by atoms with Crippen LogP contribution in [0.2, 0.25) is 0 Å². The monoisotopic (exact) mass is 766 g/mol. The second kappa shape index (κ2) is 12.7. The van der Waals surface area contributed by atoms with E-state index in [1.54, 1.807) is 0 Å². The first kappa shape index (κ1) is 34.8. The minimum atomic E-state index is -0.0526. The summed E-state index contributed by atoms with van der Waals surface area (Å²) < 4.78 is 0. The van der Waals surface area contributed by atoms with Crippen molar-refractivity contribution in [2.24, 2.45) is 0 Å². The minimum absolute atomic E-state index is 0.0526. The summed E-state index contributed by atoms with van der Waals surface area (Å²) in [6, 6.07) is 66.7. The van der Waals surface area contributed by atoms with Crippen LogP contribution in [0.25, 0.3) is 99.6 Å². The van der Waals surface area contributed by atoms with Crippen LogP contribution in [0.3, 0.4) is 0 Å². The van der Waals surface area contributed by atoms with E-state index in [1.165, 1.54) is 77.5 Å². The Morgan fingerprint density at radius 1 is 0.283 bits per heavy atom. The first-order valence-corrected chi connectivity index (χ1v) is 21.1. The van der Waals surface area contributed by atoms with Crippen LogP contribution >= 0.6 is 0 Å². The number of benzene rings is 9. The van der Waals surface area contributed by atoms with Gasteiger partial charge in [0.25, 0.3) is 0 Å². The highest BCUT2D eigenvalue weighted by Gasteiger charge is 2.36. The molecule has 284 valence electrons. The molecule has 0 radical (unpaired) electrons. The maximum Gasteiger partial charge on any atom is 0.0979 e. The summed E-state index contributed by atoms with van der Waals surface area (Å²) in [4.78, 5) is 11.2. The molecule has 0 saturated heterocycles. The third kappa shape index (κ3) is 5.01. The molecule has 0 atom stereocenters. The standard InChI is InChI=1S/C58H42N2/c1-57(2)49-19-11-9-15-43(49)45-31-29-39(33-51(45)57)35-21-25-37(26-22-35)53-54(60-56-48-18-8-6-14-42(48)41-13-5-7-17-47(41)55(56)59-53)38-27-23-36(24-28-38)40-30-32-46-44-16-10-12-20-50(44)58(3,4)52(46)34-40/h5-34H,1-4H3. The molecule has 0 N–H and O–H groups in total. The summed E-state index contributed by atoms with van der Waals surface area (Å²) in [6.07, 6.45) is 0. The van der Waals surface area contributed by atoms with Crippen molar-refractivity contribution in [3.05, 3.63) is 204 Å². The fraction of sp³-hybridized carbons (Fsp3) is 0.103. The van der Waals surface area contributed by atoms with Gasteiger partial charge in [0, 0.05) is 32.7 Å². The molecule has 0 aliphatic heterocycles. The fourth-order valence-corrected chi connectivity index (χ4v) is 10.5. The number of hydrogen-bond donors (Lipinski definition) is 0. The van der Waals surface area contributed by atoms with E-state index in [4.69, 9.17) is 9.97 Å². The molecule has 12 rings (SSSR count). The Hall–Kier alpha value is -7.16. The summed E-state index contributed by atoms with van der Waals surface area (Å²) in [6.45, 7) is 9.37. The Balaban J connectivity index is 0.988. The van der Waals surface area contributed by atoms with Gasteiger partial charge in [0.05, 0.1) is 22.4 Å². The smallest absolute Gasteiger partial charge is 0.0979 e. The number of hydrogen-bond acceptors (Lipinski definition) is 2. The lowest BCUT2D eigenvalue weighted by molar-refractivity contribution is 0.660. The van der Waals surface area contributed by atoms with E-state index in [-0.39, 0.29) is 10.8 Å².